The van der Waals surface area contributed by atoms with Gasteiger partial charge < -0.3 is 19.5 Å². The number of methoxy groups -OCH3 is 1. The smallest absolute Gasteiger partial charge is 0.274 e. The normalized spacial score (nSPS) is 16.0. The molecule has 1 fully saturated rings. The summed E-state index contributed by atoms with van der Waals surface area (Å²) >= 11 is 0. The van der Waals surface area contributed by atoms with E-state index >= 15 is 0 Å². The average molecular weight is 251 g/mol. The van der Waals surface area contributed by atoms with Gasteiger partial charge in [-0.3, -0.25) is 4.79 Å². The third-order valence-corrected chi connectivity index (χ3v) is 3.20. The Balaban J connectivity index is 2.28. The van der Waals surface area contributed by atoms with Gasteiger partial charge >= 0.3 is 0 Å². The maximum absolute atomic E-state index is 12.4. The molecule has 2 rings (SSSR count). The van der Waals surface area contributed by atoms with E-state index in [1.54, 1.807) is 11.7 Å². The van der Waals surface area contributed by atoms with E-state index in [-0.39, 0.29) is 5.56 Å². The molecule has 0 amide bonds. The molecule has 0 atom stereocenters. The molecule has 100 valence electrons. The van der Waals surface area contributed by atoms with Crippen LogP contribution in [0.3, 0.4) is 0 Å². The van der Waals surface area contributed by atoms with E-state index in [1.807, 2.05) is 19.2 Å². The Bertz CT molecular complexity index is 450. The van der Waals surface area contributed by atoms with Gasteiger partial charge in [0.1, 0.15) is 5.69 Å². The molecule has 1 aliphatic heterocycles. The Kier molecular flexibility index (Phi) is 4.38. The highest BCUT2D eigenvalue weighted by atomic mass is 16.5. The quantitative estimate of drug-likeness (QED) is 0.831. The van der Waals surface area contributed by atoms with Crippen molar-refractivity contribution in [3.8, 4) is 0 Å². The van der Waals surface area contributed by atoms with Crippen molar-refractivity contribution < 1.29 is 4.74 Å². The number of anilines is 1. The van der Waals surface area contributed by atoms with E-state index in [2.05, 4.69) is 10.2 Å². The molecule has 0 saturated carbocycles. The maximum atomic E-state index is 12.4. The topological polar surface area (TPSA) is 46.5 Å². The zero-order chi connectivity index (χ0) is 13.0. The second-order valence-corrected chi connectivity index (χ2v) is 4.63. The molecule has 5 nitrogen and oxygen atoms in total. The Morgan fingerprint density at radius 2 is 2.11 bits per heavy atom. The van der Waals surface area contributed by atoms with Crippen LogP contribution in [0.1, 0.15) is 5.56 Å². The molecule has 5 heteroatoms. The lowest BCUT2D eigenvalue weighted by Crippen LogP contribution is -2.46. The van der Waals surface area contributed by atoms with Crippen molar-refractivity contribution in [2.75, 3.05) is 44.8 Å². The Morgan fingerprint density at radius 1 is 1.39 bits per heavy atom. The zero-order valence-electron chi connectivity index (χ0n) is 11.1. The summed E-state index contributed by atoms with van der Waals surface area (Å²) in [5.41, 5.74) is 2.01. The van der Waals surface area contributed by atoms with Crippen LogP contribution in [0.15, 0.2) is 17.1 Å². The number of nitrogens with one attached hydrogen (secondary N) is 1. The molecule has 1 aromatic rings. The number of rotatable bonds is 4. The second kappa shape index (κ2) is 6.02. The number of ether oxygens (including phenoxy) is 1. The first-order chi connectivity index (χ1) is 8.72. The van der Waals surface area contributed by atoms with Crippen LogP contribution in [0.4, 0.5) is 5.69 Å². The van der Waals surface area contributed by atoms with Gasteiger partial charge in [0.25, 0.3) is 5.56 Å². The van der Waals surface area contributed by atoms with Gasteiger partial charge in [0.05, 0.1) is 6.61 Å². The Labute approximate surface area is 107 Å². The summed E-state index contributed by atoms with van der Waals surface area (Å²) in [6, 6.07) is 1.98. The van der Waals surface area contributed by atoms with Crippen LogP contribution >= 0.6 is 0 Å². The van der Waals surface area contributed by atoms with E-state index < -0.39 is 0 Å². The van der Waals surface area contributed by atoms with E-state index in [1.165, 1.54) is 0 Å². The molecule has 0 radical (unpaired) electrons. The molecule has 0 unspecified atom stereocenters. The summed E-state index contributed by atoms with van der Waals surface area (Å²) < 4.78 is 6.79. The van der Waals surface area contributed by atoms with Gasteiger partial charge in [0, 0.05) is 46.0 Å². The minimum Gasteiger partial charge on any atom is -0.383 e. The fourth-order valence-corrected chi connectivity index (χ4v) is 2.25. The number of piperazine rings is 1. The molecule has 2 heterocycles. The highest BCUT2D eigenvalue weighted by molar-refractivity contribution is 5.46. The van der Waals surface area contributed by atoms with Crippen LogP contribution in [-0.2, 0) is 11.3 Å². The minimum atomic E-state index is 0.0829. The molecule has 0 spiro atoms. The number of pyridine rings is 1. The first-order valence-electron chi connectivity index (χ1n) is 6.38. The lowest BCUT2D eigenvalue weighted by molar-refractivity contribution is 0.186. The monoisotopic (exact) mass is 251 g/mol. The van der Waals surface area contributed by atoms with Crippen LogP contribution in [0.5, 0.6) is 0 Å². The van der Waals surface area contributed by atoms with E-state index in [0.29, 0.717) is 13.2 Å². The van der Waals surface area contributed by atoms with E-state index in [9.17, 15) is 4.79 Å². The third-order valence-electron chi connectivity index (χ3n) is 3.20. The largest absolute Gasteiger partial charge is 0.383 e. The molecule has 0 bridgehead atoms. The Hall–Kier alpha value is -1.33. The summed E-state index contributed by atoms with van der Waals surface area (Å²) in [7, 11) is 1.65. The zero-order valence-corrected chi connectivity index (χ0v) is 11.1. The fraction of sp³-hybridized carbons (Fsp3) is 0.615. The van der Waals surface area contributed by atoms with Gasteiger partial charge in [-0.2, -0.15) is 0 Å². The summed E-state index contributed by atoms with van der Waals surface area (Å²) in [4.78, 5) is 14.5. The number of hydrogen-bond acceptors (Lipinski definition) is 4. The molecular formula is C13H21N3O2. The summed E-state index contributed by atoms with van der Waals surface area (Å²) in [5.74, 6) is 0. The van der Waals surface area contributed by atoms with Crippen LogP contribution in [0.2, 0.25) is 0 Å². The molecule has 1 aliphatic rings. The maximum Gasteiger partial charge on any atom is 0.274 e. The van der Waals surface area contributed by atoms with Gasteiger partial charge in [-0.1, -0.05) is 0 Å². The van der Waals surface area contributed by atoms with Crippen molar-refractivity contribution in [1.82, 2.24) is 9.88 Å². The number of aromatic nitrogens is 1. The van der Waals surface area contributed by atoms with E-state index in [0.717, 1.165) is 37.4 Å². The molecule has 1 aromatic heterocycles. The van der Waals surface area contributed by atoms with Gasteiger partial charge in [-0.15, -0.1) is 0 Å². The first kappa shape index (κ1) is 13.1. The van der Waals surface area contributed by atoms with Crippen LogP contribution in [-0.4, -0.2) is 44.5 Å². The van der Waals surface area contributed by atoms with Crippen LogP contribution in [0.25, 0.3) is 0 Å². The molecule has 0 aliphatic carbocycles. The van der Waals surface area contributed by atoms with Crippen molar-refractivity contribution >= 4 is 5.69 Å². The van der Waals surface area contributed by atoms with Crippen LogP contribution in [0, 0.1) is 6.92 Å². The minimum absolute atomic E-state index is 0.0829. The highest BCUT2D eigenvalue weighted by Gasteiger charge is 2.15. The van der Waals surface area contributed by atoms with Crippen molar-refractivity contribution in [1.29, 1.82) is 0 Å². The van der Waals surface area contributed by atoms with Crippen molar-refractivity contribution in [2.45, 2.75) is 13.5 Å². The van der Waals surface area contributed by atoms with Gasteiger partial charge in [-0.25, -0.2) is 0 Å². The molecule has 0 aromatic carbocycles. The van der Waals surface area contributed by atoms with E-state index in [4.69, 9.17) is 4.74 Å². The molecule has 1 saturated heterocycles. The number of aryl methyl sites for hydroxylation is 1. The number of nitrogens with zero attached hydrogens (tertiary/aromatic N) is 2. The summed E-state index contributed by atoms with van der Waals surface area (Å²) in [6.07, 6.45) is 1.90. The van der Waals surface area contributed by atoms with Gasteiger partial charge in [-0.05, 0) is 18.6 Å². The standard InChI is InChI=1S/C13H21N3O2/c1-11-9-12(15-5-3-14-4-6-15)13(17)16(10-11)7-8-18-2/h9-10,14H,3-8H2,1-2H3. The lowest BCUT2D eigenvalue weighted by atomic mass is 10.2. The lowest BCUT2D eigenvalue weighted by Gasteiger charge is -2.29. The van der Waals surface area contributed by atoms with Gasteiger partial charge in [0.2, 0.25) is 0 Å². The molecular weight excluding hydrogens is 230 g/mol. The predicted octanol–water partition coefficient (Wildman–Crippen LogP) is 0.213. The second-order valence-electron chi connectivity index (χ2n) is 4.63. The van der Waals surface area contributed by atoms with Gasteiger partial charge in [0.15, 0.2) is 0 Å². The third kappa shape index (κ3) is 2.91. The Morgan fingerprint density at radius 3 is 2.78 bits per heavy atom. The van der Waals surface area contributed by atoms with Crippen molar-refractivity contribution in [2.24, 2.45) is 0 Å². The highest BCUT2D eigenvalue weighted by Crippen LogP contribution is 2.11. The fourth-order valence-electron chi connectivity index (χ4n) is 2.25. The summed E-state index contributed by atoms with van der Waals surface area (Å²) in [5, 5.41) is 3.30. The predicted molar refractivity (Wildman–Crippen MR) is 72.4 cm³/mol. The summed E-state index contributed by atoms with van der Waals surface area (Å²) in [6.45, 7) is 6.84. The first-order valence-corrected chi connectivity index (χ1v) is 6.38. The SMILES string of the molecule is COCCn1cc(C)cc(N2CCNCC2)c1=O. The van der Waals surface area contributed by atoms with Crippen molar-refractivity contribution in [3.63, 3.8) is 0 Å². The molecule has 18 heavy (non-hydrogen) atoms. The van der Waals surface area contributed by atoms with Crippen molar-refractivity contribution in [3.05, 3.63) is 28.2 Å². The van der Waals surface area contributed by atoms with Crippen LogP contribution < -0.4 is 15.8 Å². The average Bonchev–Trinajstić information content (AvgIpc) is 2.40. The molecule has 1 N–H and O–H groups in total. The number of hydrogen-bond donors (Lipinski definition) is 1.